The van der Waals surface area contributed by atoms with Crippen molar-refractivity contribution in [3.8, 4) is 0 Å². The van der Waals surface area contributed by atoms with Gasteiger partial charge in [0, 0.05) is 31.4 Å². The Kier molecular flexibility index (Phi) is 4.98. The highest BCUT2D eigenvalue weighted by atomic mass is 15.2. The number of hydrogen-bond donors (Lipinski definition) is 2. The molecular formula is C11H21N5. The molecule has 5 heteroatoms. The third-order valence-corrected chi connectivity index (χ3v) is 2.05. The van der Waals surface area contributed by atoms with Crippen LogP contribution < -0.4 is 10.6 Å². The van der Waals surface area contributed by atoms with Crippen LogP contribution in [0.2, 0.25) is 0 Å². The Labute approximate surface area is 97.3 Å². The van der Waals surface area contributed by atoms with Crippen LogP contribution in [-0.2, 0) is 0 Å². The van der Waals surface area contributed by atoms with Crippen LogP contribution in [0.3, 0.4) is 0 Å². The molecule has 1 heterocycles. The van der Waals surface area contributed by atoms with Gasteiger partial charge in [-0.1, -0.05) is 0 Å². The van der Waals surface area contributed by atoms with E-state index in [9.17, 15) is 0 Å². The van der Waals surface area contributed by atoms with E-state index in [4.69, 9.17) is 0 Å². The van der Waals surface area contributed by atoms with Crippen LogP contribution in [0.5, 0.6) is 0 Å². The number of aromatic nitrogens is 2. The van der Waals surface area contributed by atoms with E-state index in [0.29, 0.717) is 5.95 Å². The van der Waals surface area contributed by atoms with Gasteiger partial charge in [-0.25, -0.2) is 4.98 Å². The zero-order valence-electron chi connectivity index (χ0n) is 10.5. The SMILES string of the molecule is CCNc1cc(C)nc(NCCN(C)C)n1. The highest BCUT2D eigenvalue weighted by molar-refractivity contribution is 5.41. The fourth-order valence-electron chi connectivity index (χ4n) is 1.31. The lowest BCUT2D eigenvalue weighted by atomic mass is 10.4. The topological polar surface area (TPSA) is 53.1 Å². The Morgan fingerprint density at radius 2 is 2.00 bits per heavy atom. The van der Waals surface area contributed by atoms with Crippen LogP contribution in [0.15, 0.2) is 6.07 Å². The summed E-state index contributed by atoms with van der Waals surface area (Å²) < 4.78 is 0. The van der Waals surface area contributed by atoms with E-state index >= 15 is 0 Å². The summed E-state index contributed by atoms with van der Waals surface area (Å²) in [6, 6.07) is 1.95. The van der Waals surface area contributed by atoms with Crippen LogP contribution in [0, 0.1) is 6.92 Å². The molecule has 5 nitrogen and oxygen atoms in total. The number of likely N-dealkylation sites (N-methyl/N-ethyl adjacent to an activating group) is 1. The van der Waals surface area contributed by atoms with E-state index in [1.54, 1.807) is 0 Å². The molecule has 2 N–H and O–H groups in total. The second-order valence-corrected chi connectivity index (χ2v) is 3.98. The van der Waals surface area contributed by atoms with Gasteiger partial charge in [0.15, 0.2) is 0 Å². The Balaban J connectivity index is 2.58. The van der Waals surface area contributed by atoms with Gasteiger partial charge in [0.2, 0.25) is 5.95 Å². The molecule has 16 heavy (non-hydrogen) atoms. The Hall–Kier alpha value is -1.36. The first-order valence-corrected chi connectivity index (χ1v) is 5.60. The van der Waals surface area contributed by atoms with E-state index in [0.717, 1.165) is 31.1 Å². The predicted octanol–water partition coefficient (Wildman–Crippen LogP) is 1.19. The van der Waals surface area contributed by atoms with Gasteiger partial charge >= 0.3 is 0 Å². The maximum Gasteiger partial charge on any atom is 0.224 e. The van der Waals surface area contributed by atoms with Crippen molar-refractivity contribution in [2.24, 2.45) is 0 Å². The molecule has 0 unspecified atom stereocenters. The highest BCUT2D eigenvalue weighted by Crippen LogP contribution is 2.08. The summed E-state index contributed by atoms with van der Waals surface area (Å²) >= 11 is 0. The van der Waals surface area contributed by atoms with Gasteiger partial charge in [0.05, 0.1) is 0 Å². The average molecular weight is 223 g/mol. The summed E-state index contributed by atoms with van der Waals surface area (Å²) in [6.45, 7) is 6.71. The first-order valence-electron chi connectivity index (χ1n) is 5.60. The van der Waals surface area contributed by atoms with Crippen molar-refractivity contribution in [3.05, 3.63) is 11.8 Å². The fourth-order valence-corrected chi connectivity index (χ4v) is 1.31. The number of anilines is 2. The Morgan fingerprint density at radius 1 is 1.25 bits per heavy atom. The van der Waals surface area contributed by atoms with Crippen LogP contribution >= 0.6 is 0 Å². The monoisotopic (exact) mass is 223 g/mol. The minimum Gasteiger partial charge on any atom is -0.370 e. The third kappa shape index (κ3) is 4.44. The van der Waals surface area contributed by atoms with E-state index < -0.39 is 0 Å². The predicted molar refractivity (Wildman–Crippen MR) is 68.0 cm³/mol. The first-order chi connectivity index (χ1) is 7.61. The summed E-state index contributed by atoms with van der Waals surface area (Å²) in [4.78, 5) is 10.8. The summed E-state index contributed by atoms with van der Waals surface area (Å²) in [7, 11) is 4.09. The van der Waals surface area contributed by atoms with E-state index in [1.165, 1.54) is 0 Å². The van der Waals surface area contributed by atoms with Crippen LogP contribution in [0.25, 0.3) is 0 Å². The molecule has 1 rings (SSSR count). The summed E-state index contributed by atoms with van der Waals surface area (Å²) in [5, 5.41) is 6.40. The van der Waals surface area contributed by atoms with E-state index in [2.05, 4.69) is 32.4 Å². The van der Waals surface area contributed by atoms with E-state index in [-0.39, 0.29) is 0 Å². The maximum atomic E-state index is 4.37. The molecule has 0 saturated carbocycles. The van der Waals surface area contributed by atoms with Crippen molar-refractivity contribution in [2.75, 3.05) is 44.4 Å². The average Bonchev–Trinajstić information content (AvgIpc) is 2.16. The number of rotatable bonds is 6. The zero-order valence-corrected chi connectivity index (χ0v) is 10.5. The Bertz CT molecular complexity index is 324. The minimum atomic E-state index is 0.692. The van der Waals surface area contributed by atoms with E-state index in [1.807, 2.05) is 27.1 Å². The standard InChI is InChI=1S/C11H21N5/c1-5-12-10-8-9(2)14-11(15-10)13-6-7-16(3)4/h8H,5-7H2,1-4H3,(H2,12,13,14,15). The molecular weight excluding hydrogens is 202 g/mol. The number of hydrogen-bond acceptors (Lipinski definition) is 5. The molecule has 0 radical (unpaired) electrons. The molecule has 0 spiro atoms. The molecule has 0 aliphatic heterocycles. The molecule has 1 aromatic rings. The van der Waals surface area contributed by atoms with Crippen molar-refractivity contribution in [2.45, 2.75) is 13.8 Å². The molecule has 0 aliphatic rings. The van der Waals surface area contributed by atoms with Gasteiger partial charge in [-0.15, -0.1) is 0 Å². The lowest BCUT2D eigenvalue weighted by Gasteiger charge is -2.11. The number of nitrogens with zero attached hydrogens (tertiary/aromatic N) is 3. The lowest BCUT2D eigenvalue weighted by molar-refractivity contribution is 0.425. The van der Waals surface area contributed by atoms with Crippen molar-refractivity contribution < 1.29 is 0 Å². The van der Waals surface area contributed by atoms with Gasteiger partial charge in [0.1, 0.15) is 5.82 Å². The Morgan fingerprint density at radius 3 is 2.62 bits per heavy atom. The zero-order chi connectivity index (χ0) is 12.0. The van der Waals surface area contributed by atoms with Crippen LogP contribution in [-0.4, -0.2) is 48.6 Å². The highest BCUT2D eigenvalue weighted by Gasteiger charge is 2.00. The summed E-state index contributed by atoms with van der Waals surface area (Å²) in [5.74, 6) is 1.57. The molecule has 0 fully saturated rings. The van der Waals surface area contributed by atoms with Gasteiger partial charge in [-0.05, 0) is 27.9 Å². The minimum absolute atomic E-state index is 0.692. The number of aryl methyl sites for hydroxylation is 1. The molecule has 90 valence electrons. The van der Waals surface area contributed by atoms with Crippen molar-refractivity contribution in [3.63, 3.8) is 0 Å². The second-order valence-electron chi connectivity index (χ2n) is 3.98. The molecule has 0 bridgehead atoms. The van der Waals surface area contributed by atoms with Crippen molar-refractivity contribution >= 4 is 11.8 Å². The quantitative estimate of drug-likeness (QED) is 0.758. The molecule has 0 amide bonds. The summed E-state index contributed by atoms with van der Waals surface area (Å²) in [6.07, 6.45) is 0. The smallest absolute Gasteiger partial charge is 0.224 e. The lowest BCUT2D eigenvalue weighted by Crippen LogP contribution is -2.21. The third-order valence-electron chi connectivity index (χ3n) is 2.05. The molecule has 0 saturated heterocycles. The maximum absolute atomic E-state index is 4.37. The molecule has 1 aromatic heterocycles. The molecule has 0 aliphatic carbocycles. The van der Waals surface area contributed by atoms with Gasteiger partial charge < -0.3 is 15.5 Å². The largest absolute Gasteiger partial charge is 0.370 e. The number of nitrogens with one attached hydrogen (secondary N) is 2. The van der Waals surface area contributed by atoms with Crippen molar-refractivity contribution in [1.29, 1.82) is 0 Å². The normalized spacial score (nSPS) is 10.6. The van der Waals surface area contributed by atoms with Crippen LogP contribution in [0.4, 0.5) is 11.8 Å². The summed E-state index contributed by atoms with van der Waals surface area (Å²) in [5.41, 5.74) is 0.971. The molecule has 0 atom stereocenters. The van der Waals surface area contributed by atoms with Gasteiger partial charge in [-0.3, -0.25) is 0 Å². The van der Waals surface area contributed by atoms with Crippen LogP contribution in [0.1, 0.15) is 12.6 Å². The second kappa shape index (κ2) is 6.27. The first kappa shape index (κ1) is 12.7. The van der Waals surface area contributed by atoms with Gasteiger partial charge in [-0.2, -0.15) is 4.98 Å². The molecule has 0 aromatic carbocycles. The van der Waals surface area contributed by atoms with Gasteiger partial charge in [0.25, 0.3) is 0 Å². The van der Waals surface area contributed by atoms with Crippen molar-refractivity contribution in [1.82, 2.24) is 14.9 Å². The fraction of sp³-hybridized carbons (Fsp3) is 0.636.